The Kier molecular flexibility index (Phi) is 4.13. The van der Waals surface area contributed by atoms with Gasteiger partial charge in [-0.25, -0.2) is 8.42 Å². The van der Waals surface area contributed by atoms with E-state index in [1.54, 1.807) is 19.2 Å². The number of sulfonamides is 1. The summed E-state index contributed by atoms with van der Waals surface area (Å²) in [4.78, 5) is 0.257. The topological polar surface area (TPSA) is 72.6 Å². The number of hydrogen-bond acceptors (Lipinski definition) is 4. The summed E-state index contributed by atoms with van der Waals surface area (Å²) in [6.45, 7) is 2.80. The fourth-order valence-corrected chi connectivity index (χ4v) is 3.79. The molecule has 1 saturated heterocycles. The van der Waals surface area contributed by atoms with Crippen LogP contribution in [0.3, 0.4) is 0 Å². The van der Waals surface area contributed by atoms with Gasteiger partial charge in [-0.1, -0.05) is 6.07 Å². The SMILES string of the molecule is COC1CCCN(S(=O)(=O)c2ccc(C)c(N)c2)C1. The normalized spacial score (nSPS) is 21.5. The van der Waals surface area contributed by atoms with Crippen molar-refractivity contribution in [1.29, 1.82) is 0 Å². The Hall–Kier alpha value is -1.11. The van der Waals surface area contributed by atoms with Crippen molar-refractivity contribution in [2.24, 2.45) is 0 Å². The van der Waals surface area contributed by atoms with Crippen molar-refractivity contribution in [3.63, 3.8) is 0 Å². The minimum absolute atomic E-state index is 0.0219. The zero-order valence-electron chi connectivity index (χ0n) is 11.3. The van der Waals surface area contributed by atoms with Gasteiger partial charge < -0.3 is 10.5 Å². The Bertz CT molecular complexity index is 557. The highest BCUT2D eigenvalue weighted by Crippen LogP contribution is 2.24. The van der Waals surface area contributed by atoms with E-state index in [0.29, 0.717) is 18.8 Å². The molecule has 1 heterocycles. The maximum atomic E-state index is 12.5. The fraction of sp³-hybridized carbons (Fsp3) is 0.538. The lowest BCUT2D eigenvalue weighted by atomic mass is 10.1. The number of rotatable bonds is 3. The van der Waals surface area contributed by atoms with E-state index >= 15 is 0 Å². The maximum Gasteiger partial charge on any atom is 0.243 e. The molecule has 5 nitrogen and oxygen atoms in total. The van der Waals surface area contributed by atoms with Crippen LogP contribution in [0, 0.1) is 6.92 Å². The van der Waals surface area contributed by atoms with Gasteiger partial charge in [0.05, 0.1) is 11.0 Å². The van der Waals surface area contributed by atoms with Crippen LogP contribution < -0.4 is 5.73 Å². The highest BCUT2D eigenvalue weighted by atomic mass is 32.2. The Morgan fingerprint density at radius 1 is 1.42 bits per heavy atom. The maximum absolute atomic E-state index is 12.5. The van der Waals surface area contributed by atoms with Crippen molar-refractivity contribution in [2.75, 3.05) is 25.9 Å². The van der Waals surface area contributed by atoms with E-state index in [1.807, 2.05) is 6.92 Å². The van der Waals surface area contributed by atoms with E-state index < -0.39 is 10.0 Å². The summed E-state index contributed by atoms with van der Waals surface area (Å²) in [6.07, 6.45) is 1.70. The van der Waals surface area contributed by atoms with Crippen molar-refractivity contribution in [2.45, 2.75) is 30.8 Å². The first-order valence-corrected chi connectivity index (χ1v) is 7.78. The average Bonchev–Trinajstić information content (AvgIpc) is 2.41. The quantitative estimate of drug-likeness (QED) is 0.851. The highest BCUT2D eigenvalue weighted by molar-refractivity contribution is 7.89. The van der Waals surface area contributed by atoms with Gasteiger partial charge in [0, 0.05) is 25.9 Å². The van der Waals surface area contributed by atoms with Gasteiger partial charge in [0.2, 0.25) is 10.0 Å². The first-order valence-electron chi connectivity index (χ1n) is 6.34. The molecule has 1 fully saturated rings. The molecule has 2 N–H and O–H groups in total. The molecule has 106 valence electrons. The third-order valence-electron chi connectivity index (χ3n) is 3.56. The summed E-state index contributed by atoms with van der Waals surface area (Å²) in [5, 5.41) is 0. The van der Waals surface area contributed by atoms with Crippen LogP contribution in [-0.4, -0.2) is 39.0 Å². The number of benzene rings is 1. The molecule has 1 aromatic rings. The molecule has 1 aliphatic rings. The molecule has 6 heteroatoms. The second kappa shape index (κ2) is 5.48. The smallest absolute Gasteiger partial charge is 0.243 e. The molecule has 1 unspecified atom stereocenters. The van der Waals surface area contributed by atoms with Gasteiger partial charge in [-0.15, -0.1) is 0 Å². The Labute approximate surface area is 114 Å². The molecule has 0 aromatic heterocycles. The van der Waals surface area contributed by atoms with Crippen LogP contribution >= 0.6 is 0 Å². The summed E-state index contributed by atoms with van der Waals surface area (Å²) in [6, 6.07) is 4.87. The van der Waals surface area contributed by atoms with Gasteiger partial charge >= 0.3 is 0 Å². The third-order valence-corrected chi connectivity index (χ3v) is 5.42. The number of piperidine rings is 1. The Morgan fingerprint density at radius 2 is 2.16 bits per heavy atom. The predicted octanol–water partition coefficient (Wildman–Crippen LogP) is 1.38. The first kappa shape index (κ1) is 14.3. The number of ether oxygens (including phenoxy) is 1. The number of methoxy groups -OCH3 is 1. The molecule has 0 aliphatic carbocycles. The number of nitrogens with zero attached hydrogens (tertiary/aromatic N) is 1. The van der Waals surface area contributed by atoms with Gasteiger partial charge in [-0.3, -0.25) is 0 Å². The highest BCUT2D eigenvalue weighted by Gasteiger charge is 2.30. The van der Waals surface area contributed by atoms with Crippen LogP contribution in [0.1, 0.15) is 18.4 Å². The molecule has 2 rings (SSSR count). The molecule has 0 radical (unpaired) electrons. The fourth-order valence-electron chi connectivity index (χ4n) is 2.24. The van der Waals surface area contributed by atoms with E-state index in [1.165, 1.54) is 10.4 Å². The molecular formula is C13H20N2O3S. The Morgan fingerprint density at radius 3 is 2.79 bits per heavy atom. The molecule has 1 aromatic carbocycles. The van der Waals surface area contributed by atoms with Gasteiger partial charge in [0.15, 0.2) is 0 Å². The van der Waals surface area contributed by atoms with E-state index in [4.69, 9.17) is 10.5 Å². The number of hydrogen-bond donors (Lipinski definition) is 1. The summed E-state index contributed by atoms with van der Waals surface area (Å²) < 4.78 is 31.8. The predicted molar refractivity (Wildman–Crippen MR) is 74.4 cm³/mol. The van der Waals surface area contributed by atoms with Crippen LogP contribution in [-0.2, 0) is 14.8 Å². The van der Waals surface area contributed by atoms with Crippen molar-refractivity contribution in [1.82, 2.24) is 4.31 Å². The number of nitrogen functional groups attached to an aromatic ring is 1. The lowest BCUT2D eigenvalue weighted by Gasteiger charge is -2.31. The molecule has 0 amide bonds. The molecule has 1 atom stereocenters. The third kappa shape index (κ3) is 2.91. The van der Waals surface area contributed by atoms with Crippen LogP contribution in [0.5, 0.6) is 0 Å². The second-order valence-corrected chi connectivity index (χ2v) is 6.82. The van der Waals surface area contributed by atoms with E-state index in [2.05, 4.69) is 0 Å². The van der Waals surface area contributed by atoms with Gasteiger partial charge in [-0.05, 0) is 37.5 Å². The van der Waals surface area contributed by atoms with E-state index in [-0.39, 0.29) is 11.0 Å². The molecule has 0 bridgehead atoms. The zero-order valence-corrected chi connectivity index (χ0v) is 12.1. The summed E-state index contributed by atoms with van der Waals surface area (Å²) >= 11 is 0. The van der Waals surface area contributed by atoms with Crippen molar-refractivity contribution < 1.29 is 13.2 Å². The summed E-state index contributed by atoms with van der Waals surface area (Å²) in [5.41, 5.74) is 7.18. The van der Waals surface area contributed by atoms with Crippen molar-refractivity contribution >= 4 is 15.7 Å². The molecule has 0 spiro atoms. The lowest BCUT2D eigenvalue weighted by Crippen LogP contribution is -2.42. The molecular weight excluding hydrogens is 264 g/mol. The van der Waals surface area contributed by atoms with Crippen molar-refractivity contribution in [3.05, 3.63) is 23.8 Å². The second-order valence-electron chi connectivity index (χ2n) is 4.88. The van der Waals surface area contributed by atoms with Gasteiger partial charge in [-0.2, -0.15) is 4.31 Å². The molecule has 19 heavy (non-hydrogen) atoms. The van der Waals surface area contributed by atoms with Crippen LogP contribution in [0.2, 0.25) is 0 Å². The monoisotopic (exact) mass is 284 g/mol. The summed E-state index contributed by atoms with van der Waals surface area (Å²) in [7, 11) is -1.86. The van der Waals surface area contributed by atoms with Crippen LogP contribution in [0.25, 0.3) is 0 Å². The molecule has 0 saturated carbocycles. The largest absolute Gasteiger partial charge is 0.398 e. The Balaban J connectivity index is 2.28. The van der Waals surface area contributed by atoms with Crippen molar-refractivity contribution in [3.8, 4) is 0 Å². The standard InChI is InChI=1S/C13H20N2O3S/c1-10-5-6-12(8-13(10)14)19(16,17)15-7-3-4-11(9-15)18-2/h5-6,8,11H,3-4,7,9,14H2,1-2H3. The number of anilines is 1. The van der Waals surface area contributed by atoms with Gasteiger partial charge in [0.25, 0.3) is 0 Å². The minimum atomic E-state index is -3.47. The first-order chi connectivity index (χ1) is 8.95. The lowest BCUT2D eigenvalue weighted by molar-refractivity contribution is 0.0572. The molecule has 1 aliphatic heterocycles. The number of nitrogens with two attached hydrogens (primary N) is 1. The van der Waals surface area contributed by atoms with E-state index in [9.17, 15) is 8.42 Å². The zero-order chi connectivity index (χ0) is 14.0. The van der Waals surface area contributed by atoms with Crippen LogP contribution in [0.4, 0.5) is 5.69 Å². The average molecular weight is 284 g/mol. The number of aryl methyl sites for hydroxylation is 1. The van der Waals surface area contributed by atoms with Gasteiger partial charge in [0.1, 0.15) is 0 Å². The van der Waals surface area contributed by atoms with E-state index in [0.717, 1.165) is 18.4 Å². The minimum Gasteiger partial charge on any atom is -0.398 e. The summed E-state index contributed by atoms with van der Waals surface area (Å²) in [5.74, 6) is 0. The van der Waals surface area contributed by atoms with Crippen LogP contribution in [0.15, 0.2) is 23.1 Å².